The molecule has 0 saturated carbocycles. The Hall–Kier alpha value is -4.39. The summed E-state index contributed by atoms with van der Waals surface area (Å²) in [5, 5.41) is 0. The second kappa shape index (κ2) is 9.61. The maximum absolute atomic E-state index is 11.6. The van der Waals surface area contributed by atoms with Crippen molar-refractivity contribution in [1.29, 1.82) is 0 Å². The predicted octanol–water partition coefficient (Wildman–Crippen LogP) is 5.71. The van der Waals surface area contributed by atoms with Crippen LogP contribution in [0.3, 0.4) is 0 Å². The van der Waals surface area contributed by atoms with E-state index in [2.05, 4.69) is 17.9 Å². The number of rotatable bonds is 6. The van der Waals surface area contributed by atoms with Crippen molar-refractivity contribution in [3.8, 4) is 34.1 Å². The van der Waals surface area contributed by atoms with Crippen LogP contribution < -0.4 is 9.47 Å². The number of ether oxygens (including phenoxy) is 3. The number of benzene rings is 2. The zero-order chi connectivity index (χ0) is 23.3. The molecule has 0 radical (unpaired) electrons. The molecule has 3 rings (SSSR count). The van der Waals surface area contributed by atoms with Crippen molar-refractivity contribution in [3.63, 3.8) is 0 Å². The third kappa shape index (κ3) is 5.60. The van der Waals surface area contributed by atoms with E-state index < -0.39 is 18.1 Å². The van der Waals surface area contributed by atoms with E-state index in [9.17, 15) is 14.4 Å². The highest BCUT2D eigenvalue weighted by atomic mass is 16.7. The van der Waals surface area contributed by atoms with Gasteiger partial charge in [0, 0.05) is 22.3 Å². The van der Waals surface area contributed by atoms with Crippen LogP contribution in [0.5, 0.6) is 11.5 Å². The van der Waals surface area contributed by atoms with E-state index in [0.29, 0.717) is 22.8 Å². The number of carbonyl (C=O) groups is 3. The zero-order valence-electron chi connectivity index (χ0n) is 17.5. The number of carbonyl (C=O) groups excluding carboxylic acids is 3. The fraction of sp³-hybridized carbons (Fsp3) is 0.0800. The van der Waals surface area contributed by atoms with Crippen molar-refractivity contribution in [2.45, 2.75) is 13.8 Å². The number of hydrogen-bond donors (Lipinski definition) is 0. The Balaban J connectivity index is 1.66. The van der Waals surface area contributed by atoms with Gasteiger partial charge >= 0.3 is 18.1 Å². The molecular formula is C25H20O7. The quantitative estimate of drug-likeness (QED) is 0.162. The lowest BCUT2D eigenvalue weighted by molar-refractivity contribution is -0.134. The van der Waals surface area contributed by atoms with Crippen LogP contribution in [0.15, 0.2) is 89.4 Å². The van der Waals surface area contributed by atoms with Crippen molar-refractivity contribution in [1.82, 2.24) is 0 Å². The second-order valence-electron chi connectivity index (χ2n) is 6.90. The fourth-order valence-corrected chi connectivity index (χ4v) is 2.50. The highest BCUT2D eigenvalue weighted by Gasteiger charge is 2.14. The molecule has 0 bridgehead atoms. The Morgan fingerprint density at radius 2 is 1.09 bits per heavy atom. The van der Waals surface area contributed by atoms with E-state index >= 15 is 0 Å². The molecule has 0 fully saturated rings. The summed E-state index contributed by atoms with van der Waals surface area (Å²) in [5.74, 6) is 0.509. The summed E-state index contributed by atoms with van der Waals surface area (Å²) in [6.45, 7) is 9.94. The molecule has 1 heterocycles. The normalized spacial score (nSPS) is 10.2. The molecule has 0 aliphatic carbocycles. The molecule has 3 aromatic rings. The predicted molar refractivity (Wildman–Crippen MR) is 117 cm³/mol. The van der Waals surface area contributed by atoms with Crippen LogP contribution in [0.4, 0.5) is 4.79 Å². The first-order valence-corrected chi connectivity index (χ1v) is 9.51. The summed E-state index contributed by atoms with van der Waals surface area (Å²) in [4.78, 5) is 34.5. The van der Waals surface area contributed by atoms with Crippen molar-refractivity contribution >= 4 is 18.1 Å². The SMILES string of the molecule is C=C(C)C(=O)OC(=O)Oc1ccc(-c2ccc(-c3ccc(OC(=O)C(=C)C)cc3)o2)cc1. The van der Waals surface area contributed by atoms with Gasteiger partial charge in [0.05, 0.1) is 0 Å². The molecule has 0 amide bonds. The fourth-order valence-electron chi connectivity index (χ4n) is 2.50. The molecule has 7 heteroatoms. The molecule has 7 nitrogen and oxygen atoms in total. The number of hydrogen-bond acceptors (Lipinski definition) is 7. The molecule has 0 unspecified atom stereocenters. The Labute approximate surface area is 184 Å². The molecule has 32 heavy (non-hydrogen) atoms. The molecule has 0 saturated heterocycles. The van der Waals surface area contributed by atoms with Gasteiger partial charge in [0.25, 0.3) is 0 Å². The van der Waals surface area contributed by atoms with Gasteiger partial charge in [-0.3, -0.25) is 0 Å². The van der Waals surface area contributed by atoms with Crippen LogP contribution in [0.25, 0.3) is 22.6 Å². The number of furan rings is 1. The Bertz CT molecular complexity index is 1180. The second-order valence-corrected chi connectivity index (χ2v) is 6.90. The minimum Gasteiger partial charge on any atom is -0.456 e. The molecule has 0 aliphatic heterocycles. The minimum absolute atomic E-state index is 0.0911. The summed E-state index contributed by atoms with van der Waals surface area (Å²) in [6.07, 6.45) is -1.14. The van der Waals surface area contributed by atoms with Crippen molar-refractivity contribution in [3.05, 3.63) is 85.0 Å². The van der Waals surface area contributed by atoms with Crippen molar-refractivity contribution in [2.24, 2.45) is 0 Å². The third-order valence-electron chi connectivity index (χ3n) is 4.17. The van der Waals surface area contributed by atoms with Crippen LogP contribution in [0, 0.1) is 0 Å². The van der Waals surface area contributed by atoms with Gasteiger partial charge in [0.2, 0.25) is 0 Å². The lowest BCUT2D eigenvalue weighted by Crippen LogP contribution is -2.16. The van der Waals surface area contributed by atoms with Gasteiger partial charge in [-0.25, -0.2) is 14.4 Å². The van der Waals surface area contributed by atoms with Crippen LogP contribution in [0.2, 0.25) is 0 Å². The summed E-state index contributed by atoms with van der Waals surface area (Å²) in [5.41, 5.74) is 1.96. The molecule has 162 valence electrons. The lowest BCUT2D eigenvalue weighted by atomic mass is 10.1. The van der Waals surface area contributed by atoms with Crippen LogP contribution >= 0.6 is 0 Å². The van der Waals surface area contributed by atoms with Crippen LogP contribution in [-0.2, 0) is 14.3 Å². The van der Waals surface area contributed by atoms with Crippen molar-refractivity contribution in [2.75, 3.05) is 0 Å². The molecule has 0 spiro atoms. The van der Waals surface area contributed by atoms with Gasteiger partial charge in [0.1, 0.15) is 23.0 Å². The summed E-state index contributed by atoms with van der Waals surface area (Å²) < 4.78 is 20.5. The molecule has 0 atom stereocenters. The summed E-state index contributed by atoms with van der Waals surface area (Å²) in [6, 6.07) is 17.0. The minimum atomic E-state index is -1.14. The van der Waals surface area contributed by atoms with E-state index in [0.717, 1.165) is 11.1 Å². The third-order valence-corrected chi connectivity index (χ3v) is 4.17. The Kier molecular flexibility index (Phi) is 6.70. The standard InChI is InChI=1S/C25H20O7/c1-15(2)23(26)29-19-9-5-17(6-10-19)21-13-14-22(31-21)18-7-11-20(12-8-18)30-25(28)32-24(27)16(3)4/h5-14H,1,3H2,2,4H3. The first-order valence-electron chi connectivity index (χ1n) is 9.51. The Morgan fingerprint density at radius 1 is 0.656 bits per heavy atom. The van der Waals surface area contributed by atoms with E-state index in [-0.39, 0.29) is 11.3 Å². The van der Waals surface area contributed by atoms with Gasteiger partial charge in [-0.1, -0.05) is 13.2 Å². The monoisotopic (exact) mass is 432 g/mol. The van der Waals surface area contributed by atoms with Gasteiger partial charge in [-0.15, -0.1) is 0 Å². The van der Waals surface area contributed by atoms with Gasteiger partial charge in [-0.05, 0) is 74.5 Å². The topological polar surface area (TPSA) is 92.0 Å². The first-order chi connectivity index (χ1) is 15.2. The Morgan fingerprint density at radius 3 is 1.53 bits per heavy atom. The van der Waals surface area contributed by atoms with Gasteiger partial charge in [-0.2, -0.15) is 0 Å². The highest BCUT2D eigenvalue weighted by Crippen LogP contribution is 2.30. The molecule has 1 aromatic heterocycles. The van der Waals surface area contributed by atoms with Crippen LogP contribution in [0.1, 0.15) is 13.8 Å². The van der Waals surface area contributed by atoms with E-state index in [1.807, 2.05) is 6.07 Å². The van der Waals surface area contributed by atoms with E-state index in [1.165, 1.54) is 6.92 Å². The largest absolute Gasteiger partial charge is 0.521 e. The van der Waals surface area contributed by atoms with Crippen molar-refractivity contribution < 1.29 is 33.0 Å². The van der Waals surface area contributed by atoms with E-state index in [4.69, 9.17) is 13.9 Å². The molecule has 0 N–H and O–H groups in total. The summed E-state index contributed by atoms with van der Waals surface area (Å²) in [7, 11) is 0. The first kappa shape index (κ1) is 22.3. The van der Waals surface area contributed by atoms with E-state index in [1.54, 1.807) is 61.5 Å². The smallest absolute Gasteiger partial charge is 0.456 e. The van der Waals surface area contributed by atoms with Crippen LogP contribution in [-0.4, -0.2) is 18.1 Å². The molecule has 2 aromatic carbocycles. The molecular weight excluding hydrogens is 412 g/mol. The van der Waals surface area contributed by atoms with Gasteiger partial charge < -0.3 is 18.6 Å². The summed E-state index contributed by atoms with van der Waals surface area (Å²) >= 11 is 0. The molecule has 0 aliphatic rings. The number of esters is 2. The highest BCUT2D eigenvalue weighted by molar-refractivity contribution is 5.93. The maximum atomic E-state index is 11.6. The van der Waals surface area contributed by atoms with Gasteiger partial charge in [0.15, 0.2) is 0 Å². The maximum Gasteiger partial charge on any atom is 0.521 e. The average molecular weight is 432 g/mol. The average Bonchev–Trinajstić information content (AvgIpc) is 3.24. The zero-order valence-corrected chi connectivity index (χ0v) is 17.5. The lowest BCUT2D eigenvalue weighted by Gasteiger charge is -2.05.